The van der Waals surface area contributed by atoms with E-state index in [0.717, 1.165) is 5.92 Å². The first kappa shape index (κ1) is 13.3. The standard InChI is InChI=1S/C15H26O/c1-3-4-5-6-7-8-9-14(2)12-15-10-11-16-13-15/h10-11,13-14H,3-9,12H2,1-2H3. The molecule has 1 heteroatoms. The average molecular weight is 222 g/mol. The van der Waals surface area contributed by atoms with Crippen LogP contribution in [0.25, 0.3) is 0 Å². The summed E-state index contributed by atoms with van der Waals surface area (Å²) in [4.78, 5) is 0. The van der Waals surface area contributed by atoms with E-state index >= 15 is 0 Å². The van der Waals surface area contributed by atoms with Crippen molar-refractivity contribution in [2.45, 2.75) is 65.2 Å². The normalized spacial score (nSPS) is 12.9. The van der Waals surface area contributed by atoms with Gasteiger partial charge in [0, 0.05) is 0 Å². The van der Waals surface area contributed by atoms with Crippen LogP contribution in [-0.2, 0) is 6.42 Å². The van der Waals surface area contributed by atoms with Gasteiger partial charge in [0.25, 0.3) is 0 Å². The van der Waals surface area contributed by atoms with Crippen LogP contribution in [0.5, 0.6) is 0 Å². The van der Waals surface area contributed by atoms with Gasteiger partial charge >= 0.3 is 0 Å². The molecule has 0 radical (unpaired) electrons. The topological polar surface area (TPSA) is 13.1 Å². The first-order chi connectivity index (χ1) is 7.83. The zero-order valence-corrected chi connectivity index (χ0v) is 10.9. The SMILES string of the molecule is CCCCCCCCC(C)Cc1ccoc1. The molecule has 0 saturated carbocycles. The second kappa shape index (κ2) is 8.43. The van der Waals surface area contributed by atoms with Crippen molar-refractivity contribution >= 4 is 0 Å². The lowest BCUT2D eigenvalue weighted by molar-refractivity contribution is 0.477. The van der Waals surface area contributed by atoms with Crippen molar-refractivity contribution in [1.29, 1.82) is 0 Å². The quantitative estimate of drug-likeness (QED) is 0.523. The van der Waals surface area contributed by atoms with E-state index in [4.69, 9.17) is 4.42 Å². The van der Waals surface area contributed by atoms with Gasteiger partial charge in [-0.15, -0.1) is 0 Å². The van der Waals surface area contributed by atoms with E-state index in [2.05, 4.69) is 19.9 Å². The summed E-state index contributed by atoms with van der Waals surface area (Å²) in [5, 5.41) is 0. The minimum absolute atomic E-state index is 0.795. The molecule has 0 fully saturated rings. The first-order valence-electron chi connectivity index (χ1n) is 6.84. The highest BCUT2D eigenvalue weighted by Crippen LogP contribution is 2.16. The number of hydrogen-bond acceptors (Lipinski definition) is 1. The zero-order valence-electron chi connectivity index (χ0n) is 10.9. The predicted octanol–water partition coefficient (Wildman–Crippen LogP) is 5.21. The lowest BCUT2D eigenvalue weighted by atomic mass is 9.96. The van der Waals surface area contributed by atoms with Gasteiger partial charge < -0.3 is 4.42 Å². The third kappa shape index (κ3) is 5.99. The number of rotatable bonds is 9. The molecule has 0 N–H and O–H groups in total. The third-order valence-corrected chi connectivity index (χ3v) is 3.21. The summed E-state index contributed by atoms with van der Waals surface area (Å²) in [5.41, 5.74) is 1.35. The van der Waals surface area contributed by atoms with Crippen molar-refractivity contribution in [3.05, 3.63) is 24.2 Å². The summed E-state index contributed by atoms with van der Waals surface area (Å²) in [6.45, 7) is 4.62. The number of furan rings is 1. The molecule has 0 aromatic carbocycles. The van der Waals surface area contributed by atoms with Crippen LogP contribution in [0.1, 0.15) is 64.4 Å². The number of unbranched alkanes of at least 4 members (excludes halogenated alkanes) is 5. The fraction of sp³-hybridized carbons (Fsp3) is 0.733. The minimum atomic E-state index is 0.795. The van der Waals surface area contributed by atoms with Crippen molar-refractivity contribution < 1.29 is 4.42 Å². The fourth-order valence-corrected chi connectivity index (χ4v) is 2.19. The molecule has 0 aliphatic heterocycles. The Kier molecular flexibility index (Phi) is 7.03. The maximum atomic E-state index is 5.09. The largest absolute Gasteiger partial charge is 0.472 e. The molecule has 1 nitrogen and oxygen atoms in total. The van der Waals surface area contributed by atoms with Crippen LogP contribution >= 0.6 is 0 Å². The Morgan fingerprint density at radius 1 is 1.12 bits per heavy atom. The second-order valence-corrected chi connectivity index (χ2v) is 5.00. The van der Waals surface area contributed by atoms with Crippen LogP contribution in [0.15, 0.2) is 23.0 Å². The van der Waals surface area contributed by atoms with Crippen LogP contribution in [0.3, 0.4) is 0 Å². The Balaban J connectivity index is 1.96. The van der Waals surface area contributed by atoms with E-state index in [0.29, 0.717) is 0 Å². The molecule has 0 spiro atoms. The van der Waals surface area contributed by atoms with Gasteiger partial charge in [0.05, 0.1) is 12.5 Å². The lowest BCUT2D eigenvalue weighted by Crippen LogP contribution is -1.98. The number of hydrogen-bond donors (Lipinski definition) is 0. The Bertz CT molecular complexity index is 238. The van der Waals surface area contributed by atoms with Gasteiger partial charge in [-0.2, -0.15) is 0 Å². The summed E-state index contributed by atoms with van der Waals surface area (Å²) >= 11 is 0. The zero-order chi connectivity index (χ0) is 11.6. The van der Waals surface area contributed by atoms with Gasteiger partial charge in [-0.05, 0) is 24.0 Å². The highest BCUT2D eigenvalue weighted by molar-refractivity contribution is 5.05. The molecule has 1 aromatic rings. The van der Waals surface area contributed by atoms with Crippen molar-refractivity contribution in [1.82, 2.24) is 0 Å². The molecule has 92 valence electrons. The maximum absolute atomic E-state index is 5.09. The second-order valence-electron chi connectivity index (χ2n) is 5.00. The molecule has 0 aliphatic rings. The molecule has 0 amide bonds. The Hall–Kier alpha value is -0.720. The molecule has 0 saturated heterocycles. The summed E-state index contributed by atoms with van der Waals surface area (Å²) < 4.78 is 5.09. The minimum Gasteiger partial charge on any atom is -0.472 e. The summed E-state index contributed by atoms with van der Waals surface area (Å²) in [6.07, 6.45) is 14.6. The van der Waals surface area contributed by atoms with Gasteiger partial charge in [0.2, 0.25) is 0 Å². The van der Waals surface area contributed by atoms with E-state index < -0.39 is 0 Å². The van der Waals surface area contributed by atoms with Gasteiger partial charge in [-0.1, -0.05) is 58.8 Å². The molecule has 1 rings (SSSR count). The molecule has 1 atom stereocenters. The van der Waals surface area contributed by atoms with Crippen molar-refractivity contribution in [3.8, 4) is 0 Å². The molecule has 0 bridgehead atoms. The maximum Gasteiger partial charge on any atom is 0.0934 e. The smallest absolute Gasteiger partial charge is 0.0934 e. The highest BCUT2D eigenvalue weighted by Gasteiger charge is 2.04. The summed E-state index contributed by atoms with van der Waals surface area (Å²) in [6, 6.07) is 2.08. The molecule has 1 aromatic heterocycles. The van der Waals surface area contributed by atoms with E-state index in [9.17, 15) is 0 Å². The molecular weight excluding hydrogens is 196 g/mol. The monoisotopic (exact) mass is 222 g/mol. The average Bonchev–Trinajstić information content (AvgIpc) is 2.76. The summed E-state index contributed by atoms with van der Waals surface area (Å²) in [5.74, 6) is 0.795. The fourth-order valence-electron chi connectivity index (χ4n) is 2.19. The molecule has 1 heterocycles. The van der Waals surface area contributed by atoms with Crippen molar-refractivity contribution in [3.63, 3.8) is 0 Å². The molecule has 0 aliphatic carbocycles. The van der Waals surface area contributed by atoms with Crippen molar-refractivity contribution in [2.24, 2.45) is 5.92 Å². The third-order valence-electron chi connectivity index (χ3n) is 3.21. The van der Waals surface area contributed by atoms with E-state index in [-0.39, 0.29) is 0 Å². The van der Waals surface area contributed by atoms with E-state index in [1.807, 2.05) is 6.26 Å². The van der Waals surface area contributed by atoms with Crippen LogP contribution in [0.2, 0.25) is 0 Å². The van der Waals surface area contributed by atoms with Crippen LogP contribution in [0.4, 0.5) is 0 Å². The Morgan fingerprint density at radius 3 is 2.56 bits per heavy atom. The van der Waals surface area contributed by atoms with Gasteiger partial charge in [-0.3, -0.25) is 0 Å². The van der Waals surface area contributed by atoms with Crippen LogP contribution < -0.4 is 0 Å². The molecular formula is C15H26O. The van der Waals surface area contributed by atoms with E-state index in [1.165, 1.54) is 56.9 Å². The summed E-state index contributed by atoms with van der Waals surface area (Å²) in [7, 11) is 0. The molecule has 1 unspecified atom stereocenters. The van der Waals surface area contributed by atoms with Gasteiger partial charge in [0.15, 0.2) is 0 Å². The van der Waals surface area contributed by atoms with Crippen LogP contribution in [0, 0.1) is 5.92 Å². The van der Waals surface area contributed by atoms with E-state index in [1.54, 1.807) is 6.26 Å². The van der Waals surface area contributed by atoms with Gasteiger partial charge in [0.1, 0.15) is 0 Å². The highest BCUT2D eigenvalue weighted by atomic mass is 16.3. The van der Waals surface area contributed by atoms with Crippen LogP contribution in [-0.4, -0.2) is 0 Å². The first-order valence-corrected chi connectivity index (χ1v) is 6.84. The molecule has 16 heavy (non-hydrogen) atoms. The Labute approximate surface area is 100 Å². The Morgan fingerprint density at radius 2 is 1.88 bits per heavy atom. The predicted molar refractivity (Wildman–Crippen MR) is 69.6 cm³/mol. The lowest BCUT2D eigenvalue weighted by Gasteiger charge is -2.09. The van der Waals surface area contributed by atoms with Gasteiger partial charge in [-0.25, -0.2) is 0 Å². The van der Waals surface area contributed by atoms with Crippen molar-refractivity contribution in [2.75, 3.05) is 0 Å².